The van der Waals surface area contributed by atoms with Gasteiger partial charge in [-0.2, -0.15) is 0 Å². The Morgan fingerprint density at radius 1 is 0.875 bits per heavy atom. The molecular weight excluding hydrogens is 355 g/mol. The highest BCUT2D eigenvalue weighted by molar-refractivity contribution is 6.45. The molecule has 0 aliphatic rings. The molecule has 0 fully saturated rings. The van der Waals surface area contributed by atoms with Crippen LogP contribution in [0.3, 0.4) is 0 Å². The van der Waals surface area contributed by atoms with Gasteiger partial charge in [-0.1, -0.05) is 35.3 Å². The van der Waals surface area contributed by atoms with Gasteiger partial charge in [-0.05, 0) is 30.3 Å². The lowest BCUT2D eigenvalue weighted by molar-refractivity contribution is -0.132. The Balaban J connectivity index is 2.13. The van der Waals surface area contributed by atoms with Crippen molar-refractivity contribution in [2.45, 2.75) is 0 Å². The maximum Gasteiger partial charge on any atom is 0.337 e. The SMILES string of the molecule is COC(=O)c1ccc(Cl)c(NC(=O)C(=O)Nc2ccccc2Cl)c1. The van der Waals surface area contributed by atoms with Crippen LogP contribution in [0.4, 0.5) is 11.4 Å². The number of halogens is 2. The van der Waals surface area contributed by atoms with Gasteiger partial charge in [0, 0.05) is 0 Å². The molecular formula is C16H12Cl2N2O4. The van der Waals surface area contributed by atoms with Crippen LogP contribution >= 0.6 is 23.2 Å². The molecule has 0 saturated heterocycles. The number of para-hydroxylation sites is 1. The fourth-order valence-corrected chi connectivity index (χ4v) is 2.13. The number of carbonyl (C=O) groups excluding carboxylic acids is 3. The van der Waals surface area contributed by atoms with Crippen LogP contribution < -0.4 is 10.6 Å². The number of carbonyl (C=O) groups is 3. The normalized spacial score (nSPS) is 9.96. The number of ether oxygens (including phenoxy) is 1. The van der Waals surface area contributed by atoms with Crippen molar-refractivity contribution in [2.24, 2.45) is 0 Å². The Hall–Kier alpha value is -2.57. The Morgan fingerprint density at radius 3 is 2.08 bits per heavy atom. The summed E-state index contributed by atoms with van der Waals surface area (Å²) in [6.07, 6.45) is 0. The molecule has 2 aromatic carbocycles. The minimum absolute atomic E-state index is 0.110. The van der Waals surface area contributed by atoms with Crippen molar-refractivity contribution >= 4 is 52.4 Å². The van der Waals surface area contributed by atoms with E-state index in [1.807, 2.05) is 0 Å². The van der Waals surface area contributed by atoms with Crippen LogP contribution in [0.15, 0.2) is 42.5 Å². The van der Waals surface area contributed by atoms with Crippen molar-refractivity contribution in [2.75, 3.05) is 17.7 Å². The zero-order valence-corrected chi connectivity index (χ0v) is 13.9. The lowest BCUT2D eigenvalue weighted by Crippen LogP contribution is -2.29. The molecule has 8 heteroatoms. The largest absolute Gasteiger partial charge is 0.465 e. The van der Waals surface area contributed by atoms with E-state index in [-0.39, 0.29) is 16.3 Å². The van der Waals surface area contributed by atoms with Crippen LogP contribution in [0.5, 0.6) is 0 Å². The maximum absolute atomic E-state index is 12.0. The molecule has 0 unspecified atom stereocenters. The van der Waals surface area contributed by atoms with Gasteiger partial charge in [-0.25, -0.2) is 4.79 Å². The molecule has 0 aliphatic heterocycles. The van der Waals surface area contributed by atoms with Gasteiger partial charge in [0.25, 0.3) is 0 Å². The van der Waals surface area contributed by atoms with Crippen molar-refractivity contribution in [3.63, 3.8) is 0 Å². The summed E-state index contributed by atoms with van der Waals surface area (Å²) in [7, 11) is 1.23. The average molecular weight is 367 g/mol. The first kappa shape index (κ1) is 17.8. The molecule has 24 heavy (non-hydrogen) atoms. The Labute approximate surface area is 147 Å². The van der Waals surface area contributed by atoms with Gasteiger partial charge in [-0.15, -0.1) is 0 Å². The summed E-state index contributed by atoms with van der Waals surface area (Å²) in [6, 6.07) is 10.6. The van der Waals surface area contributed by atoms with Crippen molar-refractivity contribution in [1.29, 1.82) is 0 Å². The molecule has 0 radical (unpaired) electrons. The smallest absolute Gasteiger partial charge is 0.337 e. The zero-order chi connectivity index (χ0) is 17.7. The van der Waals surface area contributed by atoms with Crippen molar-refractivity contribution in [3.05, 3.63) is 58.1 Å². The topological polar surface area (TPSA) is 84.5 Å². The van der Waals surface area contributed by atoms with Crippen molar-refractivity contribution < 1.29 is 19.1 Å². The van der Waals surface area contributed by atoms with Gasteiger partial charge < -0.3 is 15.4 Å². The van der Waals surface area contributed by atoms with Gasteiger partial charge in [0.1, 0.15) is 0 Å². The van der Waals surface area contributed by atoms with Gasteiger partial charge in [0.2, 0.25) is 0 Å². The minimum atomic E-state index is -0.959. The quantitative estimate of drug-likeness (QED) is 0.644. The second kappa shape index (κ2) is 7.81. The van der Waals surface area contributed by atoms with E-state index in [0.717, 1.165) is 0 Å². The van der Waals surface area contributed by atoms with Gasteiger partial charge in [0.15, 0.2) is 0 Å². The lowest BCUT2D eigenvalue weighted by Gasteiger charge is -2.10. The summed E-state index contributed by atoms with van der Waals surface area (Å²) < 4.78 is 4.59. The number of nitrogens with one attached hydrogen (secondary N) is 2. The predicted octanol–water partition coefficient (Wildman–Crippen LogP) is 3.36. The highest BCUT2D eigenvalue weighted by atomic mass is 35.5. The molecule has 0 saturated carbocycles. The third kappa shape index (κ3) is 4.24. The number of anilines is 2. The van der Waals surface area contributed by atoms with Crippen LogP contribution in [-0.2, 0) is 14.3 Å². The molecule has 6 nitrogen and oxygen atoms in total. The Kier molecular flexibility index (Phi) is 5.78. The first-order chi connectivity index (χ1) is 11.4. The van der Waals surface area contributed by atoms with E-state index in [9.17, 15) is 14.4 Å². The van der Waals surface area contributed by atoms with Crippen LogP contribution in [-0.4, -0.2) is 24.9 Å². The standard InChI is InChI=1S/C16H12Cl2N2O4/c1-24-16(23)9-6-7-11(18)13(8-9)20-15(22)14(21)19-12-5-3-2-4-10(12)17/h2-8H,1H3,(H,19,21)(H,20,22). The number of rotatable bonds is 3. The highest BCUT2D eigenvalue weighted by Crippen LogP contribution is 2.24. The fraction of sp³-hybridized carbons (Fsp3) is 0.0625. The molecule has 0 heterocycles. The monoisotopic (exact) mass is 366 g/mol. The molecule has 0 spiro atoms. The second-order valence-corrected chi connectivity index (χ2v) is 5.39. The first-order valence-corrected chi connectivity index (χ1v) is 7.42. The van der Waals surface area contributed by atoms with E-state index in [2.05, 4.69) is 15.4 Å². The van der Waals surface area contributed by atoms with Crippen LogP contribution in [0.1, 0.15) is 10.4 Å². The van der Waals surface area contributed by atoms with Crippen LogP contribution in [0, 0.1) is 0 Å². The molecule has 2 N–H and O–H groups in total. The molecule has 0 aromatic heterocycles. The summed E-state index contributed by atoms with van der Waals surface area (Å²) in [4.78, 5) is 35.4. The van der Waals surface area contributed by atoms with Gasteiger partial charge in [-0.3, -0.25) is 9.59 Å². The van der Waals surface area contributed by atoms with Crippen molar-refractivity contribution in [3.8, 4) is 0 Å². The molecule has 124 valence electrons. The van der Waals surface area contributed by atoms with Crippen molar-refractivity contribution in [1.82, 2.24) is 0 Å². The molecule has 2 aromatic rings. The average Bonchev–Trinajstić information content (AvgIpc) is 2.58. The van der Waals surface area contributed by atoms with E-state index in [1.54, 1.807) is 24.3 Å². The van der Waals surface area contributed by atoms with Gasteiger partial charge in [0.05, 0.1) is 34.1 Å². The third-order valence-corrected chi connectivity index (χ3v) is 3.62. The Morgan fingerprint density at radius 2 is 1.46 bits per heavy atom. The maximum atomic E-state index is 12.0. The molecule has 0 bridgehead atoms. The van der Waals surface area contributed by atoms with Crippen LogP contribution in [0.25, 0.3) is 0 Å². The predicted molar refractivity (Wildman–Crippen MR) is 91.5 cm³/mol. The zero-order valence-electron chi connectivity index (χ0n) is 12.4. The molecule has 0 atom stereocenters. The van der Waals surface area contributed by atoms with E-state index in [0.29, 0.717) is 10.7 Å². The molecule has 2 amide bonds. The fourth-order valence-electron chi connectivity index (χ4n) is 1.79. The van der Waals surface area contributed by atoms with E-state index in [4.69, 9.17) is 23.2 Å². The molecule has 0 aliphatic carbocycles. The molecule has 2 rings (SSSR count). The summed E-state index contributed by atoms with van der Waals surface area (Å²) in [5.74, 6) is -2.48. The highest BCUT2D eigenvalue weighted by Gasteiger charge is 2.17. The number of methoxy groups -OCH3 is 1. The summed E-state index contributed by atoms with van der Waals surface area (Å²) in [5.41, 5.74) is 0.594. The lowest BCUT2D eigenvalue weighted by atomic mass is 10.2. The summed E-state index contributed by atoms with van der Waals surface area (Å²) in [6.45, 7) is 0. The van der Waals surface area contributed by atoms with E-state index < -0.39 is 17.8 Å². The number of amides is 2. The number of hydrogen-bond acceptors (Lipinski definition) is 4. The first-order valence-electron chi connectivity index (χ1n) is 6.67. The Bertz CT molecular complexity index is 808. The number of hydrogen-bond donors (Lipinski definition) is 2. The number of benzene rings is 2. The van der Waals surface area contributed by atoms with Crippen LogP contribution in [0.2, 0.25) is 10.0 Å². The van der Waals surface area contributed by atoms with E-state index in [1.165, 1.54) is 25.3 Å². The van der Waals surface area contributed by atoms with E-state index >= 15 is 0 Å². The minimum Gasteiger partial charge on any atom is -0.465 e. The third-order valence-electron chi connectivity index (χ3n) is 2.96. The summed E-state index contributed by atoms with van der Waals surface area (Å²) in [5, 5.41) is 5.18. The second-order valence-electron chi connectivity index (χ2n) is 4.57. The number of esters is 1. The van der Waals surface area contributed by atoms with Gasteiger partial charge >= 0.3 is 17.8 Å². The summed E-state index contributed by atoms with van der Waals surface area (Å²) >= 11 is 11.9.